The van der Waals surface area contributed by atoms with Gasteiger partial charge in [0.1, 0.15) is 11.5 Å². The van der Waals surface area contributed by atoms with Gasteiger partial charge in [0.2, 0.25) is 0 Å². The second kappa shape index (κ2) is 8.13. The van der Waals surface area contributed by atoms with Crippen molar-refractivity contribution in [3.05, 3.63) is 90.0 Å². The van der Waals surface area contributed by atoms with E-state index in [1.807, 2.05) is 72.8 Å². The Morgan fingerprint density at radius 3 is 2.32 bits per heavy atom. The molecule has 0 bridgehead atoms. The number of carbonyl (C=O) groups is 1. The standard InChI is InChI=1S/C21H19NO3/c1-24-15-16-6-5-7-17(14-16)21(23)22-18-10-12-20(13-11-18)25-19-8-3-2-4-9-19/h2-14H,15H2,1H3,(H,22,23). The molecule has 0 aromatic heterocycles. The summed E-state index contributed by atoms with van der Waals surface area (Å²) in [5.74, 6) is 1.33. The van der Waals surface area contributed by atoms with Gasteiger partial charge in [0, 0.05) is 18.4 Å². The molecule has 0 radical (unpaired) electrons. The Labute approximate surface area is 147 Å². The predicted octanol–water partition coefficient (Wildman–Crippen LogP) is 4.88. The minimum absolute atomic E-state index is 0.158. The fourth-order valence-corrected chi connectivity index (χ4v) is 2.40. The van der Waals surface area contributed by atoms with E-state index >= 15 is 0 Å². The van der Waals surface area contributed by atoms with Gasteiger partial charge in [0.25, 0.3) is 5.91 Å². The topological polar surface area (TPSA) is 47.6 Å². The van der Waals surface area contributed by atoms with Crippen molar-refractivity contribution in [1.29, 1.82) is 0 Å². The van der Waals surface area contributed by atoms with E-state index in [2.05, 4.69) is 5.32 Å². The Hall–Kier alpha value is -3.11. The van der Waals surface area contributed by atoms with Crippen LogP contribution in [0.5, 0.6) is 11.5 Å². The minimum Gasteiger partial charge on any atom is -0.457 e. The molecule has 1 amide bonds. The zero-order valence-electron chi connectivity index (χ0n) is 13.9. The first-order valence-corrected chi connectivity index (χ1v) is 7.97. The quantitative estimate of drug-likeness (QED) is 0.699. The van der Waals surface area contributed by atoms with Crippen LogP contribution in [0.1, 0.15) is 15.9 Å². The van der Waals surface area contributed by atoms with Crippen LogP contribution < -0.4 is 10.1 Å². The number of ether oxygens (including phenoxy) is 2. The molecule has 0 aliphatic rings. The first-order valence-electron chi connectivity index (χ1n) is 7.97. The number of carbonyl (C=O) groups excluding carboxylic acids is 1. The van der Waals surface area contributed by atoms with Crippen LogP contribution in [-0.2, 0) is 11.3 Å². The summed E-state index contributed by atoms with van der Waals surface area (Å²) >= 11 is 0. The van der Waals surface area contributed by atoms with Crippen molar-refractivity contribution in [3.8, 4) is 11.5 Å². The van der Waals surface area contributed by atoms with E-state index in [0.29, 0.717) is 23.6 Å². The fraction of sp³-hybridized carbons (Fsp3) is 0.0952. The number of anilines is 1. The zero-order chi connectivity index (χ0) is 17.5. The third-order valence-corrected chi connectivity index (χ3v) is 3.59. The largest absolute Gasteiger partial charge is 0.457 e. The highest BCUT2D eigenvalue weighted by molar-refractivity contribution is 6.04. The average Bonchev–Trinajstić information content (AvgIpc) is 2.65. The summed E-state index contributed by atoms with van der Waals surface area (Å²) in [6.07, 6.45) is 0. The summed E-state index contributed by atoms with van der Waals surface area (Å²) in [4.78, 5) is 12.4. The van der Waals surface area contributed by atoms with Crippen LogP contribution in [0, 0.1) is 0 Å². The lowest BCUT2D eigenvalue weighted by Gasteiger charge is -2.09. The van der Waals surface area contributed by atoms with Crippen molar-refractivity contribution in [2.24, 2.45) is 0 Å². The van der Waals surface area contributed by atoms with Crippen LogP contribution in [0.3, 0.4) is 0 Å². The van der Waals surface area contributed by atoms with E-state index in [1.54, 1.807) is 13.2 Å². The molecule has 4 heteroatoms. The molecular weight excluding hydrogens is 314 g/mol. The van der Waals surface area contributed by atoms with Gasteiger partial charge >= 0.3 is 0 Å². The van der Waals surface area contributed by atoms with Gasteiger partial charge in [-0.25, -0.2) is 0 Å². The summed E-state index contributed by atoms with van der Waals surface area (Å²) in [5, 5.41) is 2.88. The number of hydrogen-bond acceptors (Lipinski definition) is 3. The summed E-state index contributed by atoms with van der Waals surface area (Å²) in [5.41, 5.74) is 2.27. The maximum Gasteiger partial charge on any atom is 0.255 e. The fourth-order valence-electron chi connectivity index (χ4n) is 2.40. The van der Waals surface area contributed by atoms with Gasteiger partial charge in [-0.15, -0.1) is 0 Å². The Bertz CT molecular complexity index is 829. The Morgan fingerprint density at radius 2 is 1.60 bits per heavy atom. The molecule has 4 nitrogen and oxygen atoms in total. The van der Waals surface area contributed by atoms with Gasteiger partial charge in [0.05, 0.1) is 6.61 Å². The van der Waals surface area contributed by atoms with Crippen LogP contribution in [0.2, 0.25) is 0 Å². The van der Waals surface area contributed by atoms with Crippen molar-refractivity contribution in [1.82, 2.24) is 0 Å². The van der Waals surface area contributed by atoms with Crippen LogP contribution in [0.4, 0.5) is 5.69 Å². The molecule has 0 saturated carbocycles. The molecule has 1 N–H and O–H groups in total. The maximum atomic E-state index is 12.4. The Morgan fingerprint density at radius 1 is 0.880 bits per heavy atom. The van der Waals surface area contributed by atoms with Crippen LogP contribution in [-0.4, -0.2) is 13.0 Å². The lowest BCUT2D eigenvalue weighted by Crippen LogP contribution is -2.12. The average molecular weight is 333 g/mol. The van der Waals surface area contributed by atoms with Gasteiger partial charge in [-0.1, -0.05) is 30.3 Å². The smallest absolute Gasteiger partial charge is 0.255 e. The molecule has 0 spiro atoms. The Kier molecular flexibility index (Phi) is 5.44. The van der Waals surface area contributed by atoms with Crippen LogP contribution >= 0.6 is 0 Å². The number of para-hydroxylation sites is 1. The van der Waals surface area contributed by atoms with E-state index in [4.69, 9.17) is 9.47 Å². The predicted molar refractivity (Wildman–Crippen MR) is 98.1 cm³/mol. The van der Waals surface area contributed by atoms with Crippen molar-refractivity contribution in [2.75, 3.05) is 12.4 Å². The van der Waals surface area contributed by atoms with Crippen molar-refractivity contribution < 1.29 is 14.3 Å². The first kappa shape index (κ1) is 16.7. The van der Waals surface area contributed by atoms with E-state index in [-0.39, 0.29) is 5.91 Å². The molecule has 25 heavy (non-hydrogen) atoms. The first-order chi connectivity index (χ1) is 12.2. The van der Waals surface area contributed by atoms with E-state index in [9.17, 15) is 4.79 Å². The molecule has 0 unspecified atom stereocenters. The highest BCUT2D eigenvalue weighted by Crippen LogP contribution is 2.23. The number of hydrogen-bond donors (Lipinski definition) is 1. The number of benzene rings is 3. The molecule has 0 atom stereocenters. The lowest BCUT2D eigenvalue weighted by molar-refractivity contribution is 0.102. The molecule has 0 fully saturated rings. The molecule has 0 saturated heterocycles. The number of amides is 1. The van der Waals surface area contributed by atoms with Gasteiger partial charge in [-0.05, 0) is 54.1 Å². The third kappa shape index (κ3) is 4.68. The second-order valence-corrected chi connectivity index (χ2v) is 5.53. The van der Waals surface area contributed by atoms with Gasteiger partial charge in [0.15, 0.2) is 0 Å². The highest BCUT2D eigenvalue weighted by atomic mass is 16.5. The summed E-state index contributed by atoms with van der Waals surface area (Å²) in [6, 6.07) is 24.2. The normalized spacial score (nSPS) is 10.3. The number of rotatable bonds is 6. The van der Waals surface area contributed by atoms with Crippen molar-refractivity contribution in [3.63, 3.8) is 0 Å². The summed E-state index contributed by atoms with van der Waals surface area (Å²) in [7, 11) is 1.63. The molecule has 0 heterocycles. The molecule has 3 rings (SSSR count). The van der Waals surface area contributed by atoms with Gasteiger partial charge in [-0.3, -0.25) is 4.79 Å². The summed E-state index contributed by atoms with van der Waals surface area (Å²) in [6.45, 7) is 0.479. The monoisotopic (exact) mass is 333 g/mol. The highest BCUT2D eigenvalue weighted by Gasteiger charge is 2.07. The van der Waals surface area contributed by atoms with Crippen molar-refractivity contribution in [2.45, 2.75) is 6.61 Å². The molecule has 3 aromatic carbocycles. The Balaban J connectivity index is 1.65. The third-order valence-electron chi connectivity index (χ3n) is 3.59. The molecule has 0 aliphatic heterocycles. The molecular formula is C21H19NO3. The second-order valence-electron chi connectivity index (χ2n) is 5.53. The number of methoxy groups -OCH3 is 1. The SMILES string of the molecule is COCc1cccc(C(=O)Nc2ccc(Oc3ccccc3)cc2)c1. The zero-order valence-corrected chi connectivity index (χ0v) is 13.9. The van der Waals surface area contributed by atoms with E-state index < -0.39 is 0 Å². The molecule has 3 aromatic rings. The minimum atomic E-state index is -0.158. The lowest BCUT2D eigenvalue weighted by atomic mass is 10.1. The van der Waals surface area contributed by atoms with Gasteiger partial charge in [-0.2, -0.15) is 0 Å². The van der Waals surface area contributed by atoms with Crippen LogP contribution in [0.15, 0.2) is 78.9 Å². The molecule has 0 aliphatic carbocycles. The molecule has 126 valence electrons. The van der Waals surface area contributed by atoms with Gasteiger partial charge < -0.3 is 14.8 Å². The summed E-state index contributed by atoms with van der Waals surface area (Å²) < 4.78 is 10.8. The van der Waals surface area contributed by atoms with E-state index in [1.165, 1.54) is 0 Å². The number of nitrogens with one attached hydrogen (secondary N) is 1. The maximum absolute atomic E-state index is 12.4. The van der Waals surface area contributed by atoms with E-state index in [0.717, 1.165) is 11.3 Å². The van der Waals surface area contributed by atoms with Crippen LogP contribution in [0.25, 0.3) is 0 Å². The van der Waals surface area contributed by atoms with Crippen molar-refractivity contribution >= 4 is 11.6 Å².